The molecule has 25 heavy (non-hydrogen) atoms. The van der Waals surface area contributed by atoms with Crippen molar-refractivity contribution in [3.05, 3.63) is 58.9 Å². The third kappa shape index (κ3) is 3.51. The average Bonchev–Trinajstić information content (AvgIpc) is 3.05. The Labute approximate surface area is 148 Å². The molecule has 1 atom stereocenters. The average molecular weight is 391 g/mol. The highest BCUT2D eigenvalue weighted by molar-refractivity contribution is 7.89. The highest BCUT2D eigenvalue weighted by atomic mass is 35.5. The van der Waals surface area contributed by atoms with Gasteiger partial charge in [0.1, 0.15) is 0 Å². The number of benzene rings is 1. The normalized spacial score (nSPS) is 19.3. The summed E-state index contributed by atoms with van der Waals surface area (Å²) in [5.41, 5.74) is -0.393. The van der Waals surface area contributed by atoms with E-state index in [1.54, 1.807) is 24.5 Å². The Kier molecular flexibility index (Phi) is 4.78. The molecule has 1 aromatic heterocycles. The molecule has 0 spiro atoms. The highest BCUT2D eigenvalue weighted by Crippen LogP contribution is 2.39. The third-order valence-electron chi connectivity index (χ3n) is 4.14. The van der Waals surface area contributed by atoms with Crippen LogP contribution in [0.2, 0.25) is 5.02 Å². The van der Waals surface area contributed by atoms with Crippen molar-refractivity contribution in [2.24, 2.45) is 0 Å². The Morgan fingerprint density at radius 2 is 1.84 bits per heavy atom. The summed E-state index contributed by atoms with van der Waals surface area (Å²) >= 11 is 5.58. The second-order valence-corrected chi connectivity index (χ2v) is 7.99. The maximum Gasteiger partial charge on any atom is 0.417 e. The van der Waals surface area contributed by atoms with Crippen molar-refractivity contribution in [1.29, 1.82) is 0 Å². The van der Waals surface area contributed by atoms with Crippen LogP contribution in [0.4, 0.5) is 13.2 Å². The summed E-state index contributed by atoms with van der Waals surface area (Å²) in [5, 5.41) is -0.529. The van der Waals surface area contributed by atoms with E-state index in [1.807, 2.05) is 0 Å². The van der Waals surface area contributed by atoms with E-state index in [4.69, 9.17) is 11.6 Å². The lowest BCUT2D eigenvalue weighted by molar-refractivity contribution is -0.137. The van der Waals surface area contributed by atoms with Gasteiger partial charge >= 0.3 is 6.18 Å². The van der Waals surface area contributed by atoms with Gasteiger partial charge in [-0.3, -0.25) is 4.98 Å². The molecule has 1 saturated heterocycles. The number of aromatic nitrogens is 1. The van der Waals surface area contributed by atoms with Gasteiger partial charge in [-0.25, -0.2) is 8.42 Å². The molecule has 1 aromatic carbocycles. The molecule has 0 saturated carbocycles. The Balaban J connectivity index is 2.02. The first kappa shape index (κ1) is 18.2. The first-order valence-electron chi connectivity index (χ1n) is 7.50. The predicted molar refractivity (Wildman–Crippen MR) is 86.6 cm³/mol. The maximum absolute atomic E-state index is 13.0. The van der Waals surface area contributed by atoms with Crippen molar-refractivity contribution < 1.29 is 21.6 Å². The highest BCUT2D eigenvalue weighted by Gasteiger charge is 2.39. The van der Waals surface area contributed by atoms with Crippen LogP contribution in [0.5, 0.6) is 0 Å². The number of nitrogens with zero attached hydrogens (tertiary/aromatic N) is 2. The SMILES string of the molecule is O=S(=O)(c1ccc(Cl)c(C(F)(F)F)c1)N1CCCC1c1ccncc1. The van der Waals surface area contributed by atoms with Crippen molar-refractivity contribution in [1.82, 2.24) is 9.29 Å². The van der Waals surface area contributed by atoms with Crippen molar-refractivity contribution in [2.45, 2.75) is 30.0 Å². The van der Waals surface area contributed by atoms with Crippen LogP contribution in [0.25, 0.3) is 0 Å². The smallest absolute Gasteiger partial charge is 0.265 e. The molecular formula is C16H14ClF3N2O2S. The molecule has 1 fully saturated rings. The lowest BCUT2D eigenvalue weighted by Gasteiger charge is -2.25. The summed E-state index contributed by atoms with van der Waals surface area (Å²) in [5.74, 6) is 0. The van der Waals surface area contributed by atoms with E-state index < -0.39 is 37.7 Å². The van der Waals surface area contributed by atoms with Gasteiger partial charge in [0.15, 0.2) is 0 Å². The molecule has 2 aromatic rings. The molecule has 3 rings (SSSR count). The molecule has 0 amide bonds. The van der Waals surface area contributed by atoms with Gasteiger partial charge in [0.2, 0.25) is 10.0 Å². The van der Waals surface area contributed by atoms with Crippen molar-refractivity contribution in [3.63, 3.8) is 0 Å². The number of alkyl halides is 3. The number of rotatable bonds is 3. The number of sulfonamides is 1. The van der Waals surface area contributed by atoms with E-state index in [0.29, 0.717) is 18.9 Å². The molecule has 134 valence electrons. The molecule has 0 radical (unpaired) electrons. The Bertz CT molecular complexity index is 873. The van der Waals surface area contributed by atoms with Gasteiger partial charge in [-0.1, -0.05) is 11.6 Å². The first-order chi connectivity index (χ1) is 11.7. The van der Waals surface area contributed by atoms with Crippen LogP contribution >= 0.6 is 11.6 Å². The fourth-order valence-corrected chi connectivity index (χ4v) is 4.90. The summed E-state index contributed by atoms with van der Waals surface area (Å²) in [6.07, 6.45) is -0.377. The second-order valence-electron chi connectivity index (χ2n) is 5.69. The summed E-state index contributed by atoms with van der Waals surface area (Å²) in [6.45, 7) is 0.249. The lowest BCUT2D eigenvalue weighted by Crippen LogP contribution is -2.31. The van der Waals surface area contributed by atoms with Crippen LogP contribution < -0.4 is 0 Å². The van der Waals surface area contributed by atoms with Crippen LogP contribution in [0.15, 0.2) is 47.6 Å². The van der Waals surface area contributed by atoms with Gasteiger partial charge in [0.25, 0.3) is 0 Å². The van der Waals surface area contributed by atoms with Gasteiger partial charge in [-0.05, 0) is 48.7 Å². The molecule has 9 heteroatoms. The van der Waals surface area contributed by atoms with E-state index in [-0.39, 0.29) is 6.54 Å². The molecule has 4 nitrogen and oxygen atoms in total. The summed E-state index contributed by atoms with van der Waals surface area (Å²) in [6, 6.07) is 5.67. The summed E-state index contributed by atoms with van der Waals surface area (Å²) in [7, 11) is -4.08. The summed E-state index contributed by atoms with van der Waals surface area (Å²) in [4.78, 5) is 3.49. The molecule has 0 aliphatic carbocycles. The quantitative estimate of drug-likeness (QED) is 0.786. The van der Waals surface area contributed by atoms with Crippen molar-refractivity contribution in [2.75, 3.05) is 6.54 Å². The fourth-order valence-electron chi connectivity index (χ4n) is 2.96. The maximum atomic E-state index is 13.0. The van der Waals surface area contributed by atoms with Crippen molar-refractivity contribution in [3.8, 4) is 0 Å². The Morgan fingerprint density at radius 1 is 1.16 bits per heavy atom. The van der Waals surface area contributed by atoms with Gasteiger partial charge in [0, 0.05) is 18.9 Å². The minimum atomic E-state index is -4.72. The van der Waals surface area contributed by atoms with E-state index in [1.165, 1.54) is 4.31 Å². The van der Waals surface area contributed by atoms with E-state index in [9.17, 15) is 21.6 Å². The fraction of sp³-hybridized carbons (Fsp3) is 0.312. The van der Waals surface area contributed by atoms with E-state index in [0.717, 1.165) is 17.7 Å². The molecule has 2 heterocycles. The Morgan fingerprint density at radius 3 is 2.48 bits per heavy atom. The van der Waals surface area contributed by atoms with E-state index in [2.05, 4.69) is 4.98 Å². The zero-order chi connectivity index (χ0) is 18.2. The minimum absolute atomic E-state index is 0.249. The number of halogens is 4. The molecule has 1 aliphatic heterocycles. The van der Waals surface area contributed by atoms with Crippen LogP contribution in [-0.4, -0.2) is 24.3 Å². The van der Waals surface area contributed by atoms with Gasteiger partial charge in [0.05, 0.1) is 21.5 Å². The third-order valence-corrected chi connectivity index (χ3v) is 6.38. The number of pyridine rings is 1. The van der Waals surface area contributed by atoms with Gasteiger partial charge in [-0.15, -0.1) is 0 Å². The van der Waals surface area contributed by atoms with Crippen LogP contribution in [0, 0.1) is 0 Å². The first-order valence-corrected chi connectivity index (χ1v) is 9.31. The molecular weight excluding hydrogens is 377 g/mol. The topological polar surface area (TPSA) is 50.3 Å². The minimum Gasteiger partial charge on any atom is -0.265 e. The second kappa shape index (κ2) is 6.59. The molecule has 0 N–H and O–H groups in total. The zero-order valence-electron chi connectivity index (χ0n) is 12.9. The molecule has 1 unspecified atom stereocenters. The number of hydrogen-bond acceptors (Lipinski definition) is 3. The van der Waals surface area contributed by atoms with Gasteiger partial charge < -0.3 is 0 Å². The van der Waals surface area contributed by atoms with Crippen LogP contribution in [-0.2, 0) is 16.2 Å². The summed E-state index contributed by atoms with van der Waals surface area (Å²) < 4.78 is 66.2. The van der Waals surface area contributed by atoms with Crippen LogP contribution in [0.3, 0.4) is 0 Å². The molecule has 0 bridgehead atoms. The standard InChI is InChI=1S/C16H14ClF3N2O2S/c17-14-4-3-12(10-13(14)16(18,19)20)25(23,24)22-9-1-2-15(22)11-5-7-21-8-6-11/h3-8,10,15H,1-2,9H2. The van der Waals surface area contributed by atoms with Gasteiger partial charge in [-0.2, -0.15) is 17.5 Å². The van der Waals surface area contributed by atoms with Crippen molar-refractivity contribution >= 4 is 21.6 Å². The molecule has 1 aliphatic rings. The zero-order valence-corrected chi connectivity index (χ0v) is 14.4. The van der Waals surface area contributed by atoms with Crippen LogP contribution in [0.1, 0.15) is 30.0 Å². The largest absolute Gasteiger partial charge is 0.417 e. The Hall–Kier alpha value is -1.64. The number of hydrogen-bond donors (Lipinski definition) is 0. The predicted octanol–water partition coefficient (Wildman–Crippen LogP) is 4.28. The monoisotopic (exact) mass is 390 g/mol. The van der Waals surface area contributed by atoms with E-state index >= 15 is 0 Å². The lowest BCUT2D eigenvalue weighted by atomic mass is 10.1.